The van der Waals surface area contributed by atoms with Gasteiger partial charge in [-0.05, 0) is 36.9 Å². The van der Waals surface area contributed by atoms with Crippen molar-refractivity contribution in [3.8, 4) is 0 Å². The van der Waals surface area contributed by atoms with Crippen LogP contribution in [-0.4, -0.2) is 19.0 Å². The van der Waals surface area contributed by atoms with E-state index >= 15 is 0 Å². The zero-order valence-corrected chi connectivity index (χ0v) is 12.8. The van der Waals surface area contributed by atoms with E-state index < -0.39 is 0 Å². The number of carbonyl (C=O) groups excluding carboxylic acids is 1. The van der Waals surface area contributed by atoms with E-state index in [2.05, 4.69) is 19.2 Å². The lowest BCUT2D eigenvalue weighted by molar-refractivity contribution is 0.0945. The van der Waals surface area contributed by atoms with Crippen molar-refractivity contribution in [3.63, 3.8) is 0 Å². The number of nitrogens with two attached hydrogens (primary N) is 1. The highest BCUT2D eigenvalue weighted by Crippen LogP contribution is 2.13. The maximum absolute atomic E-state index is 12.3. The van der Waals surface area contributed by atoms with E-state index in [1.807, 2.05) is 24.3 Å². The molecule has 0 spiro atoms. The highest BCUT2D eigenvalue weighted by atomic mass is 16.1. The van der Waals surface area contributed by atoms with Crippen molar-refractivity contribution in [2.45, 2.75) is 46.0 Å². The minimum Gasteiger partial charge on any atom is -0.352 e. The summed E-state index contributed by atoms with van der Waals surface area (Å²) in [7, 11) is 0. The number of rotatable bonds is 9. The lowest BCUT2D eigenvalue weighted by atomic mass is 9.99. The molecule has 0 fully saturated rings. The molecule has 0 aliphatic rings. The van der Waals surface area contributed by atoms with E-state index in [0.29, 0.717) is 12.5 Å². The molecule has 1 rings (SSSR count). The van der Waals surface area contributed by atoms with Gasteiger partial charge in [-0.2, -0.15) is 0 Å². The van der Waals surface area contributed by atoms with E-state index in [1.165, 1.54) is 19.3 Å². The van der Waals surface area contributed by atoms with Gasteiger partial charge in [-0.15, -0.1) is 0 Å². The van der Waals surface area contributed by atoms with Gasteiger partial charge in [0.15, 0.2) is 0 Å². The van der Waals surface area contributed by atoms with Gasteiger partial charge >= 0.3 is 0 Å². The molecule has 1 aromatic rings. The summed E-state index contributed by atoms with van der Waals surface area (Å²) in [6.45, 7) is 5.73. The van der Waals surface area contributed by atoms with Gasteiger partial charge in [0.05, 0.1) is 0 Å². The SMILES string of the molecule is CCCCC(CC)CNC(=O)c1ccccc1CCN. The van der Waals surface area contributed by atoms with Crippen LogP contribution in [0.2, 0.25) is 0 Å². The largest absolute Gasteiger partial charge is 0.352 e. The molecule has 112 valence electrons. The molecule has 0 heterocycles. The Morgan fingerprint density at radius 2 is 2.05 bits per heavy atom. The van der Waals surface area contributed by atoms with Gasteiger partial charge in [0.1, 0.15) is 0 Å². The molecule has 3 nitrogen and oxygen atoms in total. The second-order valence-corrected chi connectivity index (χ2v) is 5.32. The topological polar surface area (TPSA) is 55.1 Å². The van der Waals surface area contributed by atoms with Gasteiger partial charge in [0, 0.05) is 12.1 Å². The van der Waals surface area contributed by atoms with Gasteiger partial charge in [-0.3, -0.25) is 4.79 Å². The summed E-state index contributed by atoms with van der Waals surface area (Å²) in [4.78, 5) is 12.3. The highest BCUT2D eigenvalue weighted by Gasteiger charge is 2.12. The van der Waals surface area contributed by atoms with Gasteiger partial charge in [0.25, 0.3) is 5.91 Å². The fourth-order valence-corrected chi connectivity index (χ4v) is 2.39. The van der Waals surface area contributed by atoms with E-state index in [1.54, 1.807) is 0 Å². The van der Waals surface area contributed by atoms with E-state index in [-0.39, 0.29) is 5.91 Å². The van der Waals surface area contributed by atoms with Crippen molar-refractivity contribution >= 4 is 5.91 Å². The molecule has 1 amide bonds. The highest BCUT2D eigenvalue weighted by molar-refractivity contribution is 5.95. The summed E-state index contributed by atoms with van der Waals surface area (Å²) in [5.41, 5.74) is 7.40. The molecule has 0 bridgehead atoms. The summed E-state index contributed by atoms with van der Waals surface area (Å²) < 4.78 is 0. The van der Waals surface area contributed by atoms with Crippen LogP contribution in [0, 0.1) is 5.92 Å². The second-order valence-electron chi connectivity index (χ2n) is 5.32. The summed E-state index contributed by atoms with van der Waals surface area (Å²) in [6, 6.07) is 7.73. The molecule has 0 saturated carbocycles. The third-order valence-electron chi connectivity index (χ3n) is 3.77. The number of benzene rings is 1. The first-order chi connectivity index (χ1) is 9.72. The van der Waals surface area contributed by atoms with Crippen LogP contribution in [0.3, 0.4) is 0 Å². The lowest BCUT2D eigenvalue weighted by Gasteiger charge is -2.16. The molecule has 0 aliphatic heterocycles. The van der Waals surface area contributed by atoms with Crippen molar-refractivity contribution < 1.29 is 4.79 Å². The predicted molar refractivity (Wildman–Crippen MR) is 84.8 cm³/mol. The second kappa shape index (κ2) is 9.54. The van der Waals surface area contributed by atoms with Gasteiger partial charge < -0.3 is 11.1 Å². The molecular weight excluding hydrogens is 248 g/mol. The molecule has 0 saturated heterocycles. The molecule has 3 N–H and O–H groups in total. The van der Waals surface area contributed by atoms with Gasteiger partial charge in [0.2, 0.25) is 0 Å². The quantitative estimate of drug-likeness (QED) is 0.728. The zero-order chi connectivity index (χ0) is 14.8. The average molecular weight is 276 g/mol. The number of amides is 1. The summed E-state index contributed by atoms with van der Waals surface area (Å²) in [5.74, 6) is 0.615. The monoisotopic (exact) mass is 276 g/mol. The van der Waals surface area contributed by atoms with Crippen LogP contribution < -0.4 is 11.1 Å². The van der Waals surface area contributed by atoms with Crippen LogP contribution >= 0.6 is 0 Å². The Hall–Kier alpha value is -1.35. The Bertz CT molecular complexity index is 404. The minimum absolute atomic E-state index is 0.0315. The maximum Gasteiger partial charge on any atom is 0.251 e. The zero-order valence-electron chi connectivity index (χ0n) is 12.8. The van der Waals surface area contributed by atoms with Crippen LogP contribution in [0.25, 0.3) is 0 Å². The first-order valence-electron chi connectivity index (χ1n) is 7.79. The van der Waals surface area contributed by atoms with Crippen molar-refractivity contribution in [2.24, 2.45) is 11.7 Å². The number of unbranched alkanes of at least 4 members (excludes halogenated alkanes) is 1. The smallest absolute Gasteiger partial charge is 0.251 e. The molecule has 0 aromatic heterocycles. The molecule has 1 unspecified atom stereocenters. The number of hydrogen-bond donors (Lipinski definition) is 2. The maximum atomic E-state index is 12.3. The van der Waals surface area contributed by atoms with Crippen LogP contribution in [0.4, 0.5) is 0 Å². The molecular formula is C17H28N2O. The number of hydrogen-bond acceptors (Lipinski definition) is 2. The van der Waals surface area contributed by atoms with Crippen LogP contribution in [0.1, 0.15) is 55.5 Å². The van der Waals surface area contributed by atoms with Crippen molar-refractivity contribution in [1.82, 2.24) is 5.32 Å². The van der Waals surface area contributed by atoms with Gasteiger partial charge in [-0.25, -0.2) is 0 Å². The number of nitrogens with one attached hydrogen (secondary N) is 1. The molecule has 3 heteroatoms. The third-order valence-corrected chi connectivity index (χ3v) is 3.77. The molecule has 1 aromatic carbocycles. The lowest BCUT2D eigenvalue weighted by Crippen LogP contribution is -2.30. The third kappa shape index (κ3) is 5.33. The first kappa shape index (κ1) is 16.7. The fraction of sp³-hybridized carbons (Fsp3) is 0.588. The Kier molecular flexibility index (Phi) is 7.97. The summed E-state index contributed by atoms with van der Waals surface area (Å²) in [6.07, 6.45) is 5.50. The van der Waals surface area contributed by atoms with Crippen molar-refractivity contribution in [1.29, 1.82) is 0 Å². The Balaban J connectivity index is 2.57. The molecule has 1 atom stereocenters. The Labute approximate surface area is 122 Å². The number of carbonyl (C=O) groups is 1. The van der Waals surface area contributed by atoms with Crippen LogP contribution in [0.5, 0.6) is 0 Å². The predicted octanol–water partition coefficient (Wildman–Crippen LogP) is 3.13. The Morgan fingerprint density at radius 3 is 2.70 bits per heavy atom. The van der Waals surface area contributed by atoms with Gasteiger partial charge in [-0.1, -0.05) is 51.3 Å². The summed E-state index contributed by atoms with van der Waals surface area (Å²) >= 11 is 0. The first-order valence-corrected chi connectivity index (χ1v) is 7.79. The van der Waals surface area contributed by atoms with Crippen LogP contribution in [-0.2, 0) is 6.42 Å². The average Bonchev–Trinajstić information content (AvgIpc) is 2.48. The minimum atomic E-state index is 0.0315. The molecule has 0 radical (unpaired) electrons. The fourth-order valence-electron chi connectivity index (χ4n) is 2.39. The van der Waals surface area contributed by atoms with E-state index in [9.17, 15) is 4.79 Å². The normalized spacial score (nSPS) is 12.2. The van der Waals surface area contributed by atoms with Crippen molar-refractivity contribution in [3.05, 3.63) is 35.4 Å². The van der Waals surface area contributed by atoms with Crippen LogP contribution in [0.15, 0.2) is 24.3 Å². The van der Waals surface area contributed by atoms with E-state index in [0.717, 1.165) is 30.5 Å². The Morgan fingerprint density at radius 1 is 1.30 bits per heavy atom. The molecule has 20 heavy (non-hydrogen) atoms. The summed E-state index contributed by atoms with van der Waals surface area (Å²) in [5, 5.41) is 3.08. The molecule has 0 aliphatic carbocycles. The van der Waals surface area contributed by atoms with E-state index in [4.69, 9.17) is 5.73 Å². The van der Waals surface area contributed by atoms with Crippen molar-refractivity contribution in [2.75, 3.05) is 13.1 Å². The standard InChI is InChI=1S/C17H28N2O/c1-3-5-8-14(4-2)13-19-17(20)16-10-7-6-9-15(16)11-12-18/h6-7,9-10,14H,3-5,8,11-13,18H2,1-2H3,(H,19,20).